The van der Waals surface area contributed by atoms with Crippen LogP contribution in [0.3, 0.4) is 0 Å². The van der Waals surface area contributed by atoms with Gasteiger partial charge in [-0.05, 0) is 67.6 Å². The lowest BCUT2D eigenvalue weighted by Crippen LogP contribution is -2.58. The number of carbonyl (C=O) groups excluding carboxylic acids is 1. The van der Waals surface area contributed by atoms with Crippen molar-refractivity contribution in [2.75, 3.05) is 0 Å². The molecular formula is C23H25F4O5S-. The number of ether oxygens (including phenoxy) is 1. The molecule has 0 amide bonds. The van der Waals surface area contributed by atoms with Gasteiger partial charge in [0, 0.05) is 0 Å². The predicted molar refractivity (Wildman–Crippen MR) is 106 cm³/mol. The lowest BCUT2D eigenvalue weighted by atomic mass is 9.42. The van der Waals surface area contributed by atoms with E-state index in [-0.39, 0.29) is 5.92 Å². The highest BCUT2D eigenvalue weighted by Crippen LogP contribution is 2.64. The van der Waals surface area contributed by atoms with Gasteiger partial charge in [0.1, 0.15) is 15.0 Å². The van der Waals surface area contributed by atoms with E-state index < -0.39 is 55.9 Å². The second-order valence-corrected chi connectivity index (χ2v) is 11.4. The molecule has 182 valence electrons. The molecule has 1 aromatic carbocycles. The molecule has 0 spiro atoms. The molecule has 5 unspecified atom stereocenters. The fraction of sp³-hybridized carbons (Fsp3) is 0.696. The normalized spacial score (nSPS) is 35.6. The first-order chi connectivity index (χ1) is 15.6. The van der Waals surface area contributed by atoms with Gasteiger partial charge >= 0.3 is 5.97 Å². The maximum atomic E-state index is 14.4. The fourth-order valence-electron chi connectivity index (χ4n) is 7.76. The molecule has 0 N–H and O–H groups in total. The molecule has 0 heterocycles. The molecule has 0 aliphatic heterocycles. The zero-order chi connectivity index (χ0) is 23.7. The maximum Gasteiger partial charge on any atom is 0.314 e. The van der Waals surface area contributed by atoms with Crippen LogP contribution >= 0.6 is 0 Å². The molecule has 0 radical (unpaired) electrons. The summed E-state index contributed by atoms with van der Waals surface area (Å²) in [6.45, 7) is 0. The van der Waals surface area contributed by atoms with Crippen molar-refractivity contribution in [3.05, 3.63) is 23.3 Å². The summed E-state index contributed by atoms with van der Waals surface area (Å²) in [6, 6.07) is 0. The lowest BCUT2D eigenvalue weighted by Gasteiger charge is -2.62. The van der Waals surface area contributed by atoms with Crippen molar-refractivity contribution in [1.82, 2.24) is 0 Å². The number of carbonyl (C=O) groups is 1. The highest BCUT2D eigenvalue weighted by molar-refractivity contribution is 7.85. The van der Waals surface area contributed by atoms with Crippen molar-refractivity contribution in [1.29, 1.82) is 0 Å². The average molecular weight is 490 g/mol. The summed E-state index contributed by atoms with van der Waals surface area (Å²) < 4.78 is 95.1. The third kappa shape index (κ3) is 3.59. The molecule has 10 heteroatoms. The van der Waals surface area contributed by atoms with Gasteiger partial charge in [-0.3, -0.25) is 4.79 Å². The largest absolute Gasteiger partial charge is 0.744 e. The topological polar surface area (TPSA) is 83.5 Å². The molecule has 1 aromatic rings. The van der Waals surface area contributed by atoms with Crippen molar-refractivity contribution < 1.29 is 40.1 Å². The zero-order valence-electron chi connectivity index (χ0n) is 17.9. The van der Waals surface area contributed by atoms with Gasteiger partial charge in [-0.25, -0.2) is 17.2 Å². The van der Waals surface area contributed by atoms with Gasteiger partial charge in [-0.15, -0.1) is 0 Å². The molecule has 0 saturated heterocycles. The maximum absolute atomic E-state index is 14.4. The fourth-order valence-corrected chi connectivity index (χ4v) is 8.38. The average Bonchev–Trinajstić information content (AvgIpc) is 2.79. The number of hydrogen-bond donors (Lipinski definition) is 0. The van der Waals surface area contributed by atoms with Gasteiger partial charge in [0.2, 0.25) is 17.4 Å². The van der Waals surface area contributed by atoms with Gasteiger partial charge in [-0.2, -0.15) is 8.78 Å². The minimum absolute atomic E-state index is 0.000194. The van der Waals surface area contributed by atoms with E-state index in [0.717, 1.165) is 51.4 Å². The van der Waals surface area contributed by atoms with E-state index in [0.29, 0.717) is 36.0 Å². The van der Waals surface area contributed by atoms with Crippen molar-refractivity contribution in [2.24, 2.45) is 41.4 Å². The number of fused-ring (bicyclic) bond motifs is 1. The molecule has 33 heavy (non-hydrogen) atoms. The summed E-state index contributed by atoms with van der Waals surface area (Å²) in [4.78, 5) is 10.9. The Hall–Kier alpha value is -1.68. The molecule has 5 atom stereocenters. The second-order valence-electron chi connectivity index (χ2n) is 10.1. The van der Waals surface area contributed by atoms with E-state index in [1.165, 1.54) is 0 Å². The van der Waals surface area contributed by atoms with Crippen molar-refractivity contribution in [2.45, 2.75) is 62.7 Å². The molecular weight excluding hydrogens is 464 g/mol. The van der Waals surface area contributed by atoms with Crippen molar-refractivity contribution in [3.63, 3.8) is 0 Å². The van der Waals surface area contributed by atoms with Crippen LogP contribution in [0.25, 0.3) is 0 Å². The molecule has 5 saturated carbocycles. The van der Waals surface area contributed by atoms with E-state index >= 15 is 0 Å². The van der Waals surface area contributed by atoms with Gasteiger partial charge in [-0.1, -0.05) is 25.7 Å². The van der Waals surface area contributed by atoms with Crippen LogP contribution in [-0.4, -0.2) is 18.9 Å². The van der Waals surface area contributed by atoms with Gasteiger partial charge < -0.3 is 9.29 Å². The summed E-state index contributed by atoms with van der Waals surface area (Å²) in [5.74, 6) is -10.4. The molecule has 2 bridgehead atoms. The number of rotatable bonds is 3. The number of halogens is 4. The van der Waals surface area contributed by atoms with Crippen LogP contribution in [0.4, 0.5) is 17.6 Å². The summed E-state index contributed by atoms with van der Waals surface area (Å²) in [6.07, 6.45) is 9.16. The smallest absolute Gasteiger partial charge is 0.314 e. The first kappa shape index (κ1) is 23.1. The summed E-state index contributed by atoms with van der Waals surface area (Å²) in [5.41, 5.74) is 0. The van der Waals surface area contributed by atoms with E-state index in [1.54, 1.807) is 0 Å². The van der Waals surface area contributed by atoms with Crippen LogP contribution < -0.4 is 4.74 Å². The molecule has 6 rings (SSSR count). The highest BCUT2D eigenvalue weighted by Gasteiger charge is 2.59. The van der Waals surface area contributed by atoms with E-state index in [9.17, 15) is 35.3 Å². The molecule has 5 aliphatic carbocycles. The number of hydrogen-bond acceptors (Lipinski definition) is 5. The quantitative estimate of drug-likeness (QED) is 0.198. The number of esters is 1. The van der Waals surface area contributed by atoms with E-state index in [2.05, 4.69) is 0 Å². The third-order valence-corrected chi connectivity index (χ3v) is 9.63. The summed E-state index contributed by atoms with van der Waals surface area (Å²) >= 11 is 0. The Morgan fingerprint density at radius 2 is 1.21 bits per heavy atom. The Morgan fingerprint density at radius 1 is 0.758 bits per heavy atom. The van der Waals surface area contributed by atoms with Crippen LogP contribution in [0.1, 0.15) is 57.8 Å². The van der Waals surface area contributed by atoms with Crippen molar-refractivity contribution >= 4 is 16.1 Å². The monoisotopic (exact) mass is 489 g/mol. The van der Waals surface area contributed by atoms with Crippen LogP contribution in [0.2, 0.25) is 0 Å². The first-order valence-electron chi connectivity index (χ1n) is 11.6. The summed E-state index contributed by atoms with van der Waals surface area (Å²) in [5, 5.41) is 0. The summed E-state index contributed by atoms with van der Waals surface area (Å²) in [7, 11) is -5.83. The van der Waals surface area contributed by atoms with Crippen LogP contribution in [0.15, 0.2) is 4.90 Å². The third-order valence-electron chi connectivity index (χ3n) is 8.77. The minimum Gasteiger partial charge on any atom is -0.744 e. The minimum atomic E-state index is -5.83. The highest BCUT2D eigenvalue weighted by atomic mass is 32.2. The lowest BCUT2D eigenvalue weighted by molar-refractivity contribution is -0.172. The van der Waals surface area contributed by atoms with Crippen LogP contribution in [-0.2, 0) is 14.9 Å². The van der Waals surface area contributed by atoms with Crippen LogP contribution in [0.5, 0.6) is 5.75 Å². The first-order valence-corrected chi connectivity index (χ1v) is 13.1. The molecule has 5 aliphatic rings. The predicted octanol–water partition coefficient (Wildman–Crippen LogP) is 4.93. The second kappa shape index (κ2) is 8.22. The standard InChI is InChI=1S/C23H26F4O5S/c24-17-19(26)22(33(29,30)31)20(27)18(25)21(17)32-23(28)15-9-14-10-5-1-3-7-12(10)16(15)13-8-4-2-6-11(13)14/h10-16H,1-9H2,(H,29,30,31)/p-1. The van der Waals surface area contributed by atoms with Gasteiger partial charge in [0.05, 0.1) is 5.92 Å². The number of benzene rings is 1. The Kier molecular flexibility index (Phi) is 5.75. The molecule has 5 nitrogen and oxygen atoms in total. The molecule has 0 aromatic heterocycles. The van der Waals surface area contributed by atoms with E-state index in [1.807, 2.05) is 0 Å². The van der Waals surface area contributed by atoms with Crippen molar-refractivity contribution in [3.8, 4) is 5.75 Å². The van der Waals surface area contributed by atoms with Gasteiger partial charge in [0.25, 0.3) is 0 Å². The Bertz CT molecular complexity index is 1040. The Labute approximate surface area is 189 Å². The SMILES string of the molecule is O=C(Oc1c(F)c(F)c(S(=O)(=O)[O-])c(F)c1F)C1CC2C3CCCCC3C1C1CCCCC21. The van der Waals surface area contributed by atoms with E-state index in [4.69, 9.17) is 4.74 Å². The van der Waals surface area contributed by atoms with Gasteiger partial charge in [0.15, 0.2) is 11.6 Å². The Morgan fingerprint density at radius 3 is 1.67 bits per heavy atom. The molecule has 5 fully saturated rings. The van der Waals surface area contributed by atoms with Crippen LogP contribution in [0, 0.1) is 64.7 Å². The Balaban J connectivity index is 1.48. The zero-order valence-corrected chi connectivity index (χ0v) is 18.7.